The molecule has 3 rings (SSSR count). The van der Waals surface area contributed by atoms with Crippen LogP contribution in [0, 0.1) is 0 Å². The molecule has 0 bridgehead atoms. The Balaban J connectivity index is 2.11. The lowest BCUT2D eigenvalue weighted by Crippen LogP contribution is -2.13. The monoisotopic (exact) mass is 367 g/mol. The highest BCUT2D eigenvalue weighted by Crippen LogP contribution is 2.42. The third-order valence-electron chi connectivity index (χ3n) is 4.62. The number of rotatable bonds is 4. The minimum atomic E-state index is -0.429. The van der Waals surface area contributed by atoms with Gasteiger partial charge < -0.3 is 14.8 Å². The Bertz CT molecular complexity index is 899. The summed E-state index contributed by atoms with van der Waals surface area (Å²) >= 11 is 0. The molecule has 0 unspecified atom stereocenters. The quantitative estimate of drug-likeness (QED) is 0.728. The number of ether oxygens (including phenoxy) is 2. The van der Waals surface area contributed by atoms with Crippen LogP contribution in [0.25, 0.3) is 0 Å². The Labute approximate surface area is 159 Å². The van der Waals surface area contributed by atoms with Crippen LogP contribution in [0.5, 0.6) is 11.5 Å². The van der Waals surface area contributed by atoms with Crippen molar-refractivity contribution in [3.63, 3.8) is 0 Å². The van der Waals surface area contributed by atoms with E-state index in [0.717, 1.165) is 11.1 Å². The molecule has 27 heavy (non-hydrogen) atoms. The first-order valence-electron chi connectivity index (χ1n) is 9.30. The average Bonchev–Trinajstić information content (AvgIpc) is 2.76. The van der Waals surface area contributed by atoms with Gasteiger partial charge in [-0.1, -0.05) is 33.8 Å². The number of carbonyl (C=O) groups excluding carboxylic acids is 2. The van der Waals surface area contributed by atoms with Gasteiger partial charge in [-0.25, -0.2) is 4.79 Å². The third kappa shape index (κ3) is 3.68. The van der Waals surface area contributed by atoms with Gasteiger partial charge in [0, 0.05) is 0 Å². The first-order chi connectivity index (χ1) is 12.8. The largest absolute Gasteiger partial charge is 0.462 e. The standard InChI is InChI=1S/C22H25NO4/c1-6-26-22(25)14-7-8-19-18(11-14)23-21(24)17-10-15(12(2)3)9-16(13(4)5)20(17)27-19/h7-13H,6H2,1-5H3,(H,23,24). The van der Waals surface area contributed by atoms with Crippen molar-refractivity contribution in [1.29, 1.82) is 0 Å². The molecule has 0 saturated heterocycles. The molecule has 0 atom stereocenters. The van der Waals surface area contributed by atoms with Gasteiger partial charge >= 0.3 is 5.97 Å². The smallest absolute Gasteiger partial charge is 0.338 e. The van der Waals surface area contributed by atoms with Crippen LogP contribution in [0.4, 0.5) is 5.69 Å². The van der Waals surface area contributed by atoms with E-state index in [1.165, 1.54) is 0 Å². The molecular weight excluding hydrogens is 342 g/mol. The Hall–Kier alpha value is -2.82. The van der Waals surface area contributed by atoms with Crippen LogP contribution in [0.2, 0.25) is 0 Å². The van der Waals surface area contributed by atoms with Crippen LogP contribution >= 0.6 is 0 Å². The van der Waals surface area contributed by atoms with Crippen LogP contribution in [0.1, 0.15) is 78.3 Å². The van der Waals surface area contributed by atoms with E-state index in [1.54, 1.807) is 25.1 Å². The second kappa shape index (κ2) is 7.43. The van der Waals surface area contributed by atoms with Gasteiger partial charge in [0.1, 0.15) is 5.75 Å². The SMILES string of the molecule is CCOC(=O)c1ccc2c(c1)NC(=O)c1cc(C(C)C)cc(C(C)C)c1O2. The minimum Gasteiger partial charge on any atom is -0.462 e. The number of nitrogens with one attached hydrogen (secondary N) is 1. The highest BCUT2D eigenvalue weighted by Gasteiger charge is 2.26. The van der Waals surface area contributed by atoms with Gasteiger partial charge in [0.05, 0.1) is 23.4 Å². The van der Waals surface area contributed by atoms with E-state index < -0.39 is 5.97 Å². The van der Waals surface area contributed by atoms with E-state index in [1.807, 2.05) is 6.07 Å². The molecule has 1 amide bonds. The van der Waals surface area contributed by atoms with Crippen molar-refractivity contribution < 1.29 is 19.1 Å². The Morgan fingerprint density at radius 3 is 2.48 bits per heavy atom. The van der Waals surface area contributed by atoms with Gasteiger partial charge in [0.2, 0.25) is 0 Å². The van der Waals surface area contributed by atoms with E-state index >= 15 is 0 Å². The fraction of sp³-hybridized carbons (Fsp3) is 0.364. The molecule has 5 heteroatoms. The third-order valence-corrected chi connectivity index (χ3v) is 4.62. The highest BCUT2D eigenvalue weighted by molar-refractivity contribution is 6.09. The lowest BCUT2D eigenvalue weighted by Gasteiger charge is -2.18. The van der Waals surface area contributed by atoms with Gasteiger partial charge in [-0.05, 0) is 54.2 Å². The zero-order chi connectivity index (χ0) is 19.7. The molecule has 0 aromatic heterocycles. The van der Waals surface area contributed by atoms with Crippen molar-refractivity contribution in [2.45, 2.75) is 46.5 Å². The summed E-state index contributed by atoms with van der Waals surface area (Å²) in [5, 5.41) is 2.88. The molecule has 1 aliphatic heterocycles. The van der Waals surface area contributed by atoms with E-state index in [-0.39, 0.29) is 11.8 Å². The van der Waals surface area contributed by atoms with Crippen molar-refractivity contribution in [1.82, 2.24) is 0 Å². The number of esters is 1. The Kier molecular flexibility index (Phi) is 5.22. The number of amides is 1. The van der Waals surface area contributed by atoms with Crippen molar-refractivity contribution in [3.8, 4) is 11.5 Å². The van der Waals surface area contributed by atoms with Gasteiger partial charge in [-0.2, -0.15) is 0 Å². The molecule has 0 aliphatic carbocycles. The summed E-state index contributed by atoms with van der Waals surface area (Å²) in [7, 11) is 0. The summed E-state index contributed by atoms with van der Waals surface area (Å²) < 4.78 is 11.2. The summed E-state index contributed by atoms with van der Waals surface area (Å²) in [6, 6.07) is 8.93. The molecule has 5 nitrogen and oxygen atoms in total. The fourth-order valence-electron chi connectivity index (χ4n) is 3.08. The van der Waals surface area contributed by atoms with Crippen LogP contribution in [0.15, 0.2) is 30.3 Å². The zero-order valence-electron chi connectivity index (χ0n) is 16.4. The average molecular weight is 367 g/mol. The lowest BCUT2D eigenvalue weighted by atomic mass is 9.91. The molecule has 1 N–H and O–H groups in total. The number of hydrogen-bond donors (Lipinski definition) is 1. The van der Waals surface area contributed by atoms with Gasteiger partial charge in [-0.3, -0.25) is 4.79 Å². The van der Waals surface area contributed by atoms with Gasteiger partial charge in [0.15, 0.2) is 5.75 Å². The molecule has 0 saturated carbocycles. The van der Waals surface area contributed by atoms with E-state index in [2.05, 4.69) is 39.1 Å². The fourth-order valence-corrected chi connectivity index (χ4v) is 3.08. The first-order valence-corrected chi connectivity index (χ1v) is 9.30. The topological polar surface area (TPSA) is 64.6 Å². The van der Waals surface area contributed by atoms with E-state index in [9.17, 15) is 9.59 Å². The Morgan fingerprint density at radius 2 is 1.85 bits per heavy atom. The summed E-state index contributed by atoms with van der Waals surface area (Å²) in [4.78, 5) is 24.9. The second-order valence-electron chi connectivity index (χ2n) is 7.28. The Morgan fingerprint density at radius 1 is 1.11 bits per heavy atom. The predicted molar refractivity (Wildman–Crippen MR) is 105 cm³/mol. The van der Waals surface area contributed by atoms with Gasteiger partial charge in [0.25, 0.3) is 5.91 Å². The molecule has 0 radical (unpaired) electrons. The summed E-state index contributed by atoms with van der Waals surface area (Å²) in [6.07, 6.45) is 0. The number of fused-ring (bicyclic) bond motifs is 2. The van der Waals surface area contributed by atoms with Crippen molar-refractivity contribution in [2.24, 2.45) is 0 Å². The normalized spacial score (nSPS) is 12.8. The molecule has 1 aliphatic rings. The predicted octanol–water partition coefficient (Wildman–Crippen LogP) is 5.47. The molecule has 0 fully saturated rings. The summed E-state index contributed by atoms with van der Waals surface area (Å²) in [5.74, 6) is 0.909. The maximum atomic E-state index is 12.9. The van der Waals surface area contributed by atoms with Crippen LogP contribution in [0.3, 0.4) is 0 Å². The number of benzene rings is 2. The minimum absolute atomic E-state index is 0.200. The summed E-state index contributed by atoms with van der Waals surface area (Å²) in [6.45, 7) is 10.4. The molecule has 2 aromatic rings. The van der Waals surface area contributed by atoms with E-state index in [0.29, 0.717) is 40.8 Å². The number of hydrogen-bond acceptors (Lipinski definition) is 4. The number of carbonyl (C=O) groups is 2. The van der Waals surface area contributed by atoms with Crippen molar-refractivity contribution >= 4 is 17.6 Å². The zero-order valence-corrected chi connectivity index (χ0v) is 16.4. The molecule has 0 spiro atoms. The first kappa shape index (κ1) is 19.0. The highest BCUT2D eigenvalue weighted by atomic mass is 16.5. The summed E-state index contributed by atoms with van der Waals surface area (Å²) in [5.41, 5.74) is 3.43. The molecule has 2 aromatic carbocycles. The van der Waals surface area contributed by atoms with Gasteiger partial charge in [-0.15, -0.1) is 0 Å². The van der Waals surface area contributed by atoms with E-state index in [4.69, 9.17) is 9.47 Å². The molecular formula is C22H25NO4. The lowest BCUT2D eigenvalue weighted by molar-refractivity contribution is 0.0526. The maximum absolute atomic E-state index is 12.9. The number of anilines is 1. The molecule has 1 heterocycles. The van der Waals surface area contributed by atoms with Crippen LogP contribution < -0.4 is 10.1 Å². The van der Waals surface area contributed by atoms with Crippen molar-refractivity contribution in [3.05, 3.63) is 52.6 Å². The molecule has 142 valence electrons. The van der Waals surface area contributed by atoms with Crippen LogP contribution in [-0.4, -0.2) is 18.5 Å². The van der Waals surface area contributed by atoms with Crippen LogP contribution in [-0.2, 0) is 4.74 Å². The van der Waals surface area contributed by atoms with Crippen molar-refractivity contribution in [2.75, 3.05) is 11.9 Å². The second-order valence-corrected chi connectivity index (χ2v) is 7.28. The maximum Gasteiger partial charge on any atom is 0.338 e.